The monoisotopic (exact) mass is 261 g/mol. The summed E-state index contributed by atoms with van der Waals surface area (Å²) >= 11 is 0. The highest BCUT2D eigenvalue weighted by molar-refractivity contribution is 5.87. The molecule has 0 bridgehead atoms. The fourth-order valence-electron chi connectivity index (χ4n) is 2.62. The molecule has 0 radical (unpaired) electrons. The van der Waals surface area contributed by atoms with Crippen molar-refractivity contribution >= 4 is 5.97 Å². The van der Waals surface area contributed by atoms with E-state index in [1.165, 1.54) is 18.4 Å². The minimum Gasteiger partial charge on any atom is -0.477 e. The average molecular weight is 261 g/mol. The van der Waals surface area contributed by atoms with E-state index in [1.807, 2.05) is 6.92 Å². The van der Waals surface area contributed by atoms with Crippen LogP contribution in [0.1, 0.15) is 85.1 Å². The summed E-state index contributed by atoms with van der Waals surface area (Å²) in [6, 6.07) is 2.15. The number of unbranched alkanes of at least 4 members (excludes halogenated alkanes) is 1. The lowest BCUT2D eigenvalue weighted by molar-refractivity contribution is 0.0689. The molecule has 104 valence electrons. The van der Waals surface area contributed by atoms with Crippen molar-refractivity contribution in [1.29, 1.82) is 0 Å². The van der Waals surface area contributed by atoms with E-state index in [0.29, 0.717) is 11.8 Å². The number of aromatic carboxylic acids is 1. The first-order valence-corrected chi connectivity index (χ1v) is 7.29. The van der Waals surface area contributed by atoms with Gasteiger partial charge < -0.3 is 5.11 Å². The van der Waals surface area contributed by atoms with Crippen LogP contribution in [0, 0.1) is 6.92 Å². The van der Waals surface area contributed by atoms with Crippen LogP contribution in [0.5, 0.6) is 0 Å². The topological polar surface area (TPSA) is 50.2 Å². The first kappa shape index (κ1) is 14.0. The maximum atomic E-state index is 11.3. The second-order valence-electron chi connectivity index (χ2n) is 5.73. The van der Waals surface area contributed by atoms with Crippen LogP contribution >= 0.6 is 0 Å². The molecule has 3 nitrogen and oxygen atoms in total. The molecule has 1 N–H and O–H groups in total. The number of aromatic nitrogens is 1. The second-order valence-corrected chi connectivity index (χ2v) is 5.73. The Morgan fingerprint density at radius 2 is 2.21 bits per heavy atom. The van der Waals surface area contributed by atoms with Crippen LogP contribution < -0.4 is 0 Å². The van der Waals surface area contributed by atoms with Gasteiger partial charge in [0.05, 0.1) is 0 Å². The third kappa shape index (κ3) is 3.14. The van der Waals surface area contributed by atoms with E-state index in [9.17, 15) is 9.90 Å². The Labute approximate surface area is 115 Å². The van der Waals surface area contributed by atoms with Crippen LogP contribution in [0.15, 0.2) is 6.07 Å². The molecule has 3 heteroatoms. The fourth-order valence-corrected chi connectivity index (χ4v) is 2.62. The number of carbonyl (C=O) groups is 1. The van der Waals surface area contributed by atoms with Gasteiger partial charge in [-0.1, -0.05) is 26.7 Å². The summed E-state index contributed by atoms with van der Waals surface area (Å²) in [5.74, 6) is 0.0123. The summed E-state index contributed by atoms with van der Waals surface area (Å²) in [7, 11) is 0. The molecule has 0 saturated heterocycles. The Balaban J connectivity index is 2.37. The summed E-state index contributed by atoms with van der Waals surface area (Å²) in [5.41, 5.74) is 3.27. The lowest BCUT2D eigenvalue weighted by Gasteiger charge is -2.17. The number of pyridine rings is 1. The molecule has 1 aliphatic rings. The van der Waals surface area contributed by atoms with Gasteiger partial charge in [0.2, 0.25) is 0 Å². The van der Waals surface area contributed by atoms with Crippen LogP contribution in [-0.2, 0) is 0 Å². The molecule has 1 aliphatic carbocycles. The van der Waals surface area contributed by atoms with Crippen LogP contribution in [0.2, 0.25) is 0 Å². The van der Waals surface area contributed by atoms with Crippen LogP contribution in [0.3, 0.4) is 0 Å². The van der Waals surface area contributed by atoms with Crippen molar-refractivity contribution in [2.24, 2.45) is 0 Å². The molecule has 1 heterocycles. The highest BCUT2D eigenvalue weighted by atomic mass is 16.4. The van der Waals surface area contributed by atoms with Crippen molar-refractivity contribution < 1.29 is 9.90 Å². The number of hydrogen-bond acceptors (Lipinski definition) is 2. The van der Waals surface area contributed by atoms with Crippen molar-refractivity contribution in [3.05, 3.63) is 28.6 Å². The summed E-state index contributed by atoms with van der Waals surface area (Å²) in [6.07, 6.45) is 5.78. The Kier molecular flexibility index (Phi) is 4.23. The molecule has 0 amide bonds. The van der Waals surface area contributed by atoms with Gasteiger partial charge in [-0.3, -0.25) is 0 Å². The van der Waals surface area contributed by atoms with Crippen molar-refractivity contribution in [3.8, 4) is 0 Å². The van der Waals surface area contributed by atoms with E-state index in [2.05, 4.69) is 24.9 Å². The zero-order valence-corrected chi connectivity index (χ0v) is 12.1. The normalized spacial score (nSPS) is 16.4. The van der Waals surface area contributed by atoms with Crippen LogP contribution in [-0.4, -0.2) is 16.1 Å². The molecule has 0 aromatic carbocycles. The SMILES string of the molecule is CCCCC(C)c1cc(C2CC2)nc(C(=O)O)c1C. The Hall–Kier alpha value is -1.38. The third-order valence-corrected chi connectivity index (χ3v) is 4.05. The van der Waals surface area contributed by atoms with Crippen molar-refractivity contribution in [1.82, 2.24) is 4.98 Å². The molecule has 0 aliphatic heterocycles. The van der Waals surface area contributed by atoms with Gasteiger partial charge >= 0.3 is 5.97 Å². The minimum atomic E-state index is -0.899. The zero-order chi connectivity index (χ0) is 14.0. The van der Waals surface area contributed by atoms with E-state index in [4.69, 9.17) is 0 Å². The van der Waals surface area contributed by atoms with Crippen molar-refractivity contribution in [2.75, 3.05) is 0 Å². The number of nitrogens with zero attached hydrogens (tertiary/aromatic N) is 1. The molecule has 2 rings (SSSR count). The van der Waals surface area contributed by atoms with Gasteiger partial charge in [0.25, 0.3) is 0 Å². The van der Waals surface area contributed by atoms with E-state index in [0.717, 1.165) is 30.5 Å². The zero-order valence-electron chi connectivity index (χ0n) is 12.1. The number of carboxylic acid groups (broad SMARTS) is 1. The molecule has 1 fully saturated rings. The third-order valence-electron chi connectivity index (χ3n) is 4.05. The van der Waals surface area contributed by atoms with Crippen molar-refractivity contribution in [2.45, 2.75) is 64.7 Å². The first-order chi connectivity index (χ1) is 9.04. The summed E-state index contributed by atoms with van der Waals surface area (Å²) in [5, 5.41) is 9.31. The Bertz CT molecular complexity index is 478. The lowest BCUT2D eigenvalue weighted by atomic mass is 9.90. The number of rotatable bonds is 6. The molecule has 19 heavy (non-hydrogen) atoms. The highest BCUT2D eigenvalue weighted by Crippen LogP contribution is 2.41. The lowest BCUT2D eigenvalue weighted by Crippen LogP contribution is -2.10. The Morgan fingerprint density at radius 3 is 2.74 bits per heavy atom. The fraction of sp³-hybridized carbons (Fsp3) is 0.625. The smallest absolute Gasteiger partial charge is 0.354 e. The van der Waals surface area contributed by atoms with Crippen molar-refractivity contribution in [3.63, 3.8) is 0 Å². The maximum absolute atomic E-state index is 11.3. The van der Waals surface area contributed by atoms with E-state index in [1.54, 1.807) is 0 Å². The molecule has 0 spiro atoms. The number of carboxylic acids is 1. The maximum Gasteiger partial charge on any atom is 0.354 e. The van der Waals surface area contributed by atoms with Gasteiger partial charge in [0.15, 0.2) is 5.69 Å². The Morgan fingerprint density at radius 1 is 1.53 bits per heavy atom. The quantitative estimate of drug-likeness (QED) is 0.832. The number of hydrogen-bond donors (Lipinski definition) is 1. The molecule has 1 saturated carbocycles. The average Bonchev–Trinajstić information content (AvgIpc) is 3.20. The largest absolute Gasteiger partial charge is 0.477 e. The first-order valence-electron chi connectivity index (χ1n) is 7.29. The predicted octanol–water partition coefficient (Wildman–Crippen LogP) is 4.26. The van der Waals surface area contributed by atoms with Gasteiger partial charge in [0.1, 0.15) is 0 Å². The standard InChI is InChI=1S/C16H23NO2/c1-4-5-6-10(2)13-9-14(12-7-8-12)17-15(11(13)3)16(18)19/h9-10,12H,4-8H2,1-3H3,(H,18,19). The van der Waals surface area contributed by atoms with Gasteiger partial charge in [0, 0.05) is 11.6 Å². The summed E-state index contributed by atoms with van der Waals surface area (Å²) < 4.78 is 0. The minimum absolute atomic E-state index is 0.253. The molecule has 1 aromatic rings. The summed E-state index contributed by atoms with van der Waals surface area (Å²) in [4.78, 5) is 15.7. The predicted molar refractivity (Wildman–Crippen MR) is 75.8 cm³/mol. The van der Waals surface area contributed by atoms with Gasteiger partial charge in [-0.25, -0.2) is 9.78 Å². The molecule has 1 unspecified atom stereocenters. The summed E-state index contributed by atoms with van der Waals surface area (Å²) in [6.45, 7) is 6.27. The van der Waals surface area contributed by atoms with Gasteiger partial charge in [-0.15, -0.1) is 0 Å². The highest BCUT2D eigenvalue weighted by Gasteiger charge is 2.28. The molecular weight excluding hydrogens is 238 g/mol. The molecule has 1 aromatic heterocycles. The van der Waals surface area contributed by atoms with E-state index < -0.39 is 5.97 Å². The van der Waals surface area contributed by atoms with Crippen LogP contribution in [0.25, 0.3) is 0 Å². The second kappa shape index (κ2) is 5.72. The van der Waals surface area contributed by atoms with Gasteiger partial charge in [-0.05, 0) is 49.3 Å². The van der Waals surface area contributed by atoms with Gasteiger partial charge in [-0.2, -0.15) is 0 Å². The molecule has 1 atom stereocenters. The molecular formula is C16H23NO2. The van der Waals surface area contributed by atoms with E-state index >= 15 is 0 Å². The van der Waals surface area contributed by atoms with E-state index in [-0.39, 0.29) is 5.69 Å². The van der Waals surface area contributed by atoms with Crippen LogP contribution in [0.4, 0.5) is 0 Å².